The molecule has 0 N–H and O–H groups in total. The highest BCUT2D eigenvalue weighted by Gasteiger charge is 2.44. The van der Waals surface area contributed by atoms with Crippen molar-refractivity contribution >= 4 is 0 Å². The van der Waals surface area contributed by atoms with E-state index in [1.807, 2.05) is 34.6 Å². The first kappa shape index (κ1) is 14.9. The molecule has 0 amide bonds. The van der Waals surface area contributed by atoms with E-state index in [1.165, 1.54) is 0 Å². The molecule has 0 aliphatic carbocycles. The summed E-state index contributed by atoms with van der Waals surface area (Å²) in [6.07, 6.45) is -0.0598. The van der Waals surface area contributed by atoms with Crippen molar-refractivity contribution in [1.29, 1.82) is 0 Å². The lowest BCUT2D eigenvalue weighted by molar-refractivity contribution is -0.247. The highest BCUT2D eigenvalue weighted by molar-refractivity contribution is 4.92. The van der Waals surface area contributed by atoms with Crippen molar-refractivity contribution in [1.82, 2.24) is 0 Å². The van der Waals surface area contributed by atoms with Gasteiger partial charge in [-0.1, -0.05) is 0 Å². The zero-order valence-corrected chi connectivity index (χ0v) is 11.6. The second kappa shape index (κ2) is 7.31. The van der Waals surface area contributed by atoms with Crippen molar-refractivity contribution in [3.63, 3.8) is 0 Å². The zero-order valence-electron chi connectivity index (χ0n) is 11.6. The van der Waals surface area contributed by atoms with Crippen molar-refractivity contribution in [3.05, 3.63) is 0 Å². The second-order valence-corrected chi connectivity index (χ2v) is 4.31. The van der Waals surface area contributed by atoms with Crippen LogP contribution < -0.4 is 0 Å². The van der Waals surface area contributed by atoms with Gasteiger partial charge >= 0.3 is 0 Å². The van der Waals surface area contributed by atoms with E-state index in [4.69, 9.17) is 18.9 Å². The molecule has 5 atom stereocenters. The zero-order chi connectivity index (χ0) is 12.8. The summed E-state index contributed by atoms with van der Waals surface area (Å²) in [6, 6.07) is 0. The Hall–Kier alpha value is -0.160. The molecule has 1 saturated heterocycles. The second-order valence-electron chi connectivity index (χ2n) is 4.31. The van der Waals surface area contributed by atoms with Gasteiger partial charge in [-0.05, 0) is 34.6 Å². The fourth-order valence-corrected chi connectivity index (χ4v) is 2.44. The number of rotatable bonds is 6. The van der Waals surface area contributed by atoms with Crippen molar-refractivity contribution < 1.29 is 18.9 Å². The third-order valence-corrected chi connectivity index (χ3v) is 3.08. The number of ether oxygens (including phenoxy) is 4. The van der Waals surface area contributed by atoms with Gasteiger partial charge in [-0.3, -0.25) is 0 Å². The van der Waals surface area contributed by atoms with Gasteiger partial charge in [-0.15, -0.1) is 0 Å². The molecule has 0 spiro atoms. The van der Waals surface area contributed by atoms with Crippen LogP contribution in [-0.2, 0) is 18.9 Å². The van der Waals surface area contributed by atoms with Gasteiger partial charge < -0.3 is 18.9 Å². The van der Waals surface area contributed by atoms with Crippen molar-refractivity contribution in [2.45, 2.75) is 65.1 Å². The molecule has 4 heteroatoms. The standard InChI is InChI=1S/C13H26O4/c1-6-14-11-9(4)17-10(5)12(15-7-2)13(11)16-8-3/h9-13H,6-8H2,1-5H3/t9-,10?,11-,12-,13+/m0/s1. The van der Waals surface area contributed by atoms with Crippen LogP contribution in [0.15, 0.2) is 0 Å². The Morgan fingerprint density at radius 3 is 1.41 bits per heavy atom. The summed E-state index contributed by atoms with van der Waals surface area (Å²) in [7, 11) is 0. The Bertz CT molecular complexity index is 192. The molecule has 17 heavy (non-hydrogen) atoms. The van der Waals surface area contributed by atoms with Gasteiger partial charge in [0.1, 0.15) is 18.3 Å². The number of hydrogen-bond acceptors (Lipinski definition) is 4. The summed E-state index contributed by atoms with van der Waals surface area (Å²) < 4.78 is 23.2. The van der Waals surface area contributed by atoms with Crippen LogP contribution in [0, 0.1) is 0 Å². The van der Waals surface area contributed by atoms with Gasteiger partial charge in [0.15, 0.2) is 0 Å². The Kier molecular flexibility index (Phi) is 6.41. The highest BCUT2D eigenvalue weighted by Crippen LogP contribution is 2.27. The molecule has 1 unspecified atom stereocenters. The van der Waals surface area contributed by atoms with Crippen LogP contribution in [0.5, 0.6) is 0 Å². The molecule has 0 saturated carbocycles. The molecule has 1 fully saturated rings. The summed E-state index contributed by atoms with van der Waals surface area (Å²) in [4.78, 5) is 0. The fraction of sp³-hybridized carbons (Fsp3) is 1.00. The van der Waals surface area contributed by atoms with Gasteiger partial charge in [0.25, 0.3) is 0 Å². The predicted octanol–water partition coefficient (Wildman–Crippen LogP) is 2.01. The molecular weight excluding hydrogens is 220 g/mol. The minimum Gasteiger partial charge on any atom is -0.373 e. The Balaban J connectivity index is 2.78. The summed E-state index contributed by atoms with van der Waals surface area (Å²) in [6.45, 7) is 12.0. The van der Waals surface area contributed by atoms with E-state index in [1.54, 1.807) is 0 Å². The van der Waals surface area contributed by atoms with Gasteiger partial charge in [0.2, 0.25) is 0 Å². The van der Waals surface area contributed by atoms with Crippen LogP contribution in [-0.4, -0.2) is 50.3 Å². The lowest BCUT2D eigenvalue weighted by Crippen LogP contribution is -2.58. The summed E-state index contributed by atoms with van der Waals surface area (Å²) in [5, 5.41) is 0. The Morgan fingerprint density at radius 2 is 1.06 bits per heavy atom. The minimum absolute atomic E-state index is 0.0400. The van der Waals surface area contributed by atoms with Crippen molar-refractivity contribution in [2.75, 3.05) is 19.8 Å². The van der Waals surface area contributed by atoms with Gasteiger partial charge in [0.05, 0.1) is 12.2 Å². The van der Waals surface area contributed by atoms with Crippen molar-refractivity contribution in [2.24, 2.45) is 0 Å². The van der Waals surface area contributed by atoms with Crippen molar-refractivity contribution in [3.8, 4) is 0 Å². The molecule has 0 aromatic rings. The third-order valence-electron chi connectivity index (χ3n) is 3.08. The van der Waals surface area contributed by atoms with Crippen LogP contribution in [0.3, 0.4) is 0 Å². The first-order chi connectivity index (χ1) is 8.15. The Labute approximate surface area is 105 Å². The van der Waals surface area contributed by atoms with E-state index in [-0.39, 0.29) is 30.5 Å². The van der Waals surface area contributed by atoms with E-state index < -0.39 is 0 Å². The molecule has 4 nitrogen and oxygen atoms in total. The molecule has 0 radical (unpaired) electrons. The molecule has 1 rings (SSSR count). The topological polar surface area (TPSA) is 36.9 Å². The van der Waals surface area contributed by atoms with E-state index >= 15 is 0 Å². The Morgan fingerprint density at radius 1 is 0.706 bits per heavy atom. The molecule has 1 aliphatic rings. The van der Waals surface area contributed by atoms with E-state index in [0.29, 0.717) is 19.8 Å². The van der Waals surface area contributed by atoms with Gasteiger partial charge in [-0.2, -0.15) is 0 Å². The SMILES string of the molecule is CCO[C@@H]1[C@@H](OCC)[C@@H](OCC)C(C)O[C@H]1C. The average molecular weight is 246 g/mol. The van der Waals surface area contributed by atoms with Gasteiger partial charge in [-0.25, -0.2) is 0 Å². The molecule has 0 aromatic carbocycles. The smallest absolute Gasteiger partial charge is 0.115 e. The highest BCUT2D eigenvalue weighted by atomic mass is 16.6. The maximum atomic E-state index is 5.86. The van der Waals surface area contributed by atoms with Crippen LogP contribution in [0.4, 0.5) is 0 Å². The van der Waals surface area contributed by atoms with Crippen LogP contribution in [0.1, 0.15) is 34.6 Å². The quantitative estimate of drug-likeness (QED) is 0.718. The van der Waals surface area contributed by atoms with Gasteiger partial charge in [0, 0.05) is 19.8 Å². The monoisotopic (exact) mass is 246 g/mol. The largest absolute Gasteiger partial charge is 0.373 e. The van der Waals surface area contributed by atoms with Crippen LogP contribution in [0.25, 0.3) is 0 Å². The summed E-state index contributed by atoms with van der Waals surface area (Å²) >= 11 is 0. The van der Waals surface area contributed by atoms with Crippen LogP contribution >= 0.6 is 0 Å². The average Bonchev–Trinajstić information content (AvgIpc) is 2.29. The molecular formula is C13H26O4. The summed E-state index contributed by atoms with van der Waals surface area (Å²) in [5.41, 5.74) is 0. The predicted molar refractivity (Wildman–Crippen MR) is 66.3 cm³/mol. The fourth-order valence-electron chi connectivity index (χ4n) is 2.44. The van der Waals surface area contributed by atoms with Crippen LogP contribution in [0.2, 0.25) is 0 Å². The van der Waals surface area contributed by atoms with E-state index in [0.717, 1.165) is 0 Å². The lowest BCUT2D eigenvalue weighted by Gasteiger charge is -2.44. The molecule has 102 valence electrons. The normalized spacial score (nSPS) is 38.3. The maximum absolute atomic E-state index is 5.86. The number of hydrogen-bond donors (Lipinski definition) is 0. The minimum atomic E-state index is -0.0484. The van der Waals surface area contributed by atoms with E-state index in [2.05, 4.69) is 0 Å². The lowest BCUT2D eigenvalue weighted by atomic mass is 9.95. The molecule has 1 heterocycles. The first-order valence-electron chi connectivity index (χ1n) is 6.65. The van der Waals surface area contributed by atoms with E-state index in [9.17, 15) is 0 Å². The summed E-state index contributed by atoms with van der Waals surface area (Å²) in [5.74, 6) is 0. The molecule has 1 aliphatic heterocycles. The third kappa shape index (κ3) is 3.65. The molecule has 0 bridgehead atoms. The molecule has 0 aromatic heterocycles. The first-order valence-corrected chi connectivity index (χ1v) is 6.65. The maximum Gasteiger partial charge on any atom is 0.115 e.